The number of nitrogens with zero attached hydrogens (tertiary/aromatic N) is 2. The maximum atomic E-state index is 12.6. The molecule has 7 heteroatoms. The fourth-order valence-corrected chi connectivity index (χ4v) is 3.56. The minimum atomic E-state index is -1.12. The summed E-state index contributed by atoms with van der Waals surface area (Å²) in [5, 5.41) is 11.2. The van der Waals surface area contributed by atoms with E-state index in [0.717, 1.165) is 4.88 Å². The largest absolute Gasteiger partial charge is 0.478 e. The minimum Gasteiger partial charge on any atom is -0.478 e. The summed E-state index contributed by atoms with van der Waals surface area (Å²) in [6.45, 7) is 1.74. The fourth-order valence-electron chi connectivity index (χ4n) is 2.86. The molecule has 2 heterocycles. The molecular formula is C18H18N2O4S. The number of hydrogen-bond donors (Lipinski definition) is 1. The first-order valence-electron chi connectivity index (χ1n) is 7.98. The molecule has 1 saturated heterocycles. The number of piperazine rings is 1. The fraction of sp³-hybridized carbons (Fsp3) is 0.278. The number of carbonyl (C=O) groups excluding carboxylic acids is 2. The van der Waals surface area contributed by atoms with Crippen molar-refractivity contribution < 1.29 is 19.5 Å². The summed E-state index contributed by atoms with van der Waals surface area (Å²) in [4.78, 5) is 40.6. The van der Waals surface area contributed by atoms with Crippen molar-refractivity contribution in [2.75, 3.05) is 26.2 Å². The van der Waals surface area contributed by atoms with Gasteiger partial charge in [-0.15, -0.1) is 11.3 Å². The molecule has 130 valence electrons. The number of benzene rings is 1. The molecule has 1 aromatic carbocycles. The molecule has 1 aliphatic heterocycles. The van der Waals surface area contributed by atoms with Gasteiger partial charge >= 0.3 is 5.97 Å². The molecular weight excluding hydrogens is 340 g/mol. The molecule has 1 N–H and O–H groups in total. The van der Waals surface area contributed by atoms with E-state index in [1.807, 2.05) is 17.5 Å². The third kappa shape index (κ3) is 3.88. The van der Waals surface area contributed by atoms with Crippen molar-refractivity contribution in [1.29, 1.82) is 0 Å². The zero-order valence-corrected chi connectivity index (χ0v) is 14.4. The second kappa shape index (κ2) is 7.48. The van der Waals surface area contributed by atoms with Crippen molar-refractivity contribution in [3.8, 4) is 0 Å². The van der Waals surface area contributed by atoms with Gasteiger partial charge in [-0.3, -0.25) is 9.59 Å². The number of thiophene rings is 1. The zero-order valence-electron chi connectivity index (χ0n) is 13.6. The highest BCUT2D eigenvalue weighted by atomic mass is 32.1. The van der Waals surface area contributed by atoms with Gasteiger partial charge < -0.3 is 14.9 Å². The van der Waals surface area contributed by atoms with Crippen LogP contribution in [0.4, 0.5) is 0 Å². The number of carbonyl (C=O) groups is 3. The normalized spacial score (nSPS) is 14.4. The van der Waals surface area contributed by atoms with Crippen LogP contribution in [0, 0.1) is 0 Å². The van der Waals surface area contributed by atoms with Gasteiger partial charge in [0.25, 0.3) is 5.91 Å². The van der Waals surface area contributed by atoms with Crippen molar-refractivity contribution in [2.24, 2.45) is 0 Å². The summed E-state index contributed by atoms with van der Waals surface area (Å²) in [7, 11) is 0. The zero-order chi connectivity index (χ0) is 17.8. The molecule has 1 aliphatic rings. The van der Waals surface area contributed by atoms with Crippen LogP contribution >= 0.6 is 11.3 Å². The lowest BCUT2D eigenvalue weighted by Crippen LogP contribution is -2.51. The summed E-state index contributed by atoms with van der Waals surface area (Å²) in [6.07, 6.45) is 0.382. The Morgan fingerprint density at radius 1 is 0.920 bits per heavy atom. The average Bonchev–Trinajstić information content (AvgIpc) is 3.14. The van der Waals surface area contributed by atoms with E-state index in [4.69, 9.17) is 0 Å². The molecule has 6 nitrogen and oxygen atoms in total. The molecule has 2 aromatic rings. The van der Waals surface area contributed by atoms with Gasteiger partial charge in [0.1, 0.15) is 0 Å². The summed E-state index contributed by atoms with van der Waals surface area (Å²) in [5.41, 5.74) is 0.192. The van der Waals surface area contributed by atoms with Gasteiger partial charge in [-0.1, -0.05) is 18.2 Å². The SMILES string of the molecule is O=C(O)c1ccccc1C(=O)N1CCN(C(=O)Cc2cccs2)CC1. The summed E-state index contributed by atoms with van der Waals surface area (Å²) in [6, 6.07) is 10.1. The van der Waals surface area contributed by atoms with Gasteiger partial charge in [-0.2, -0.15) is 0 Å². The molecule has 3 rings (SSSR count). The molecule has 0 aliphatic carbocycles. The Labute approximate surface area is 149 Å². The molecule has 1 aromatic heterocycles. The van der Waals surface area contributed by atoms with E-state index >= 15 is 0 Å². The van der Waals surface area contributed by atoms with Crippen LogP contribution in [-0.2, 0) is 11.2 Å². The first-order valence-corrected chi connectivity index (χ1v) is 8.86. The number of amides is 2. The highest BCUT2D eigenvalue weighted by Gasteiger charge is 2.27. The monoisotopic (exact) mass is 358 g/mol. The van der Waals surface area contributed by atoms with Crippen molar-refractivity contribution in [1.82, 2.24) is 9.80 Å². The molecule has 25 heavy (non-hydrogen) atoms. The van der Waals surface area contributed by atoms with Crippen LogP contribution in [-0.4, -0.2) is 58.9 Å². The maximum Gasteiger partial charge on any atom is 0.336 e. The van der Waals surface area contributed by atoms with Crippen molar-refractivity contribution in [3.63, 3.8) is 0 Å². The third-order valence-corrected chi connectivity index (χ3v) is 5.09. The number of carboxylic acids is 1. The summed E-state index contributed by atoms with van der Waals surface area (Å²) < 4.78 is 0. The van der Waals surface area contributed by atoms with Crippen LogP contribution in [0.5, 0.6) is 0 Å². The van der Waals surface area contributed by atoms with E-state index in [0.29, 0.717) is 32.6 Å². The van der Waals surface area contributed by atoms with Crippen LogP contribution in [0.25, 0.3) is 0 Å². The van der Waals surface area contributed by atoms with Crippen LogP contribution in [0.3, 0.4) is 0 Å². The number of hydrogen-bond acceptors (Lipinski definition) is 4. The Morgan fingerprint density at radius 2 is 1.56 bits per heavy atom. The van der Waals surface area contributed by atoms with Gasteiger partial charge in [0, 0.05) is 31.1 Å². The Kier molecular flexibility index (Phi) is 5.14. The van der Waals surface area contributed by atoms with Gasteiger partial charge in [0.2, 0.25) is 5.91 Å². The minimum absolute atomic E-state index is 0.00343. The molecule has 0 radical (unpaired) electrons. The highest BCUT2D eigenvalue weighted by molar-refractivity contribution is 7.10. The predicted octanol–water partition coefficient (Wildman–Crippen LogP) is 1.97. The Morgan fingerprint density at radius 3 is 2.16 bits per heavy atom. The van der Waals surface area contributed by atoms with E-state index in [2.05, 4.69) is 0 Å². The van der Waals surface area contributed by atoms with Gasteiger partial charge in [-0.25, -0.2) is 4.79 Å². The summed E-state index contributed by atoms with van der Waals surface area (Å²) >= 11 is 1.55. The molecule has 2 amide bonds. The molecule has 0 spiro atoms. The van der Waals surface area contributed by atoms with Crippen LogP contribution in [0.1, 0.15) is 25.6 Å². The summed E-state index contributed by atoms with van der Waals surface area (Å²) in [5.74, 6) is -1.36. The standard InChI is InChI=1S/C18H18N2O4S/c21-16(12-13-4-3-11-25-13)19-7-9-20(10-8-19)17(22)14-5-1-2-6-15(14)18(23)24/h1-6,11H,7-10,12H2,(H,23,24). The van der Waals surface area contributed by atoms with E-state index in [9.17, 15) is 19.5 Å². The lowest BCUT2D eigenvalue weighted by molar-refractivity contribution is -0.131. The molecule has 0 bridgehead atoms. The topological polar surface area (TPSA) is 77.9 Å². The van der Waals surface area contributed by atoms with Crippen LogP contribution in [0.2, 0.25) is 0 Å². The predicted molar refractivity (Wildman–Crippen MR) is 93.9 cm³/mol. The molecule has 0 atom stereocenters. The number of rotatable bonds is 4. The van der Waals surface area contributed by atoms with Crippen LogP contribution < -0.4 is 0 Å². The second-order valence-electron chi connectivity index (χ2n) is 5.78. The van der Waals surface area contributed by atoms with E-state index < -0.39 is 5.97 Å². The number of carboxylic acid groups (broad SMARTS) is 1. The van der Waals surface area contributed by atoms with Crippen molar-refractivity contribution in [2.45, 2.75) is 6.42 Å². The Bertz CT molecular complexity index is 780. The molecule has 0 saturated carbocycles. The quantitative estimate of drug-likeness (QED) is 0.906. The maximum absolute atomic E-state index is 12.6. The number of aromatic carboxylic acids is 1. The van der Waals surface area contributed by atoms with Crippen molar-refractivity contribution >= 4 is 29.1 Å². The van der Waals surface area contributed by atoms with E-state index in [1.54, 1.807) is 33.3 Å². The average molecular weight is 358 g/mol. The van der Waals surface area contributed by atoms with Crippen molar-refractivity contribution in [3.05, 3.63) is 57.8 Å². The first kappa shape index (κ1) is 17.2. The van der Waals surface area contributed by atoms with E-state index in [1.165, 1.54) is 12.1 Å². The lowest BCUT2D eigenvalue weighted by atomic mass is 10.1. The second-order valence-corrected chi connectivity index (χ2v) is 6.81. The lowest BCUT2D eigenvalue weighted by Gasteiger charge is -2.35. The van der Waals surface area contributed by atoms with Gasteiger partial charge in [0.05, 0.1) is 17.5 Å². The molecule has 1 fully saturated rings. The first-order chi connectivity index (χ1) is 12.1. The Hall–Kier alpha value is -2.67. The molecule has 0 unspecified atom stereocenters. The van der Waals surface area contributed by atoms with E-state index in [-0.39, 0.29) is 22.9 Å². The van der Waals surface area contributed by atoms with Gasteiger partial charge in [-0.05, 0) is 23.6 Å². The third-order valence-electron chi connectivity index (χ3n) is 4.21. The Balaban J connectivity index is 1.61. The van der Waals surface area contributed by atoms with Crippen LogP contribution in [0.15, 0.2) is 41.8 Å². The highest BCUT2D eigenvalue weighted by Crippen LogP contribution is 2.15. The van der Waals surface area contributed by atoms with Gasteiger partial charge in [0.15, 0.2) is 0 Å². The smallest absolute Gasteiger partial charge is 0.336 e.